The van der Waals surface area contributed by atoms with Crippen molar-refractivity contribution in [3.8, 4) is 0 Å². The van der Waals surface area contributed by atoms with E-state index in [1.54, 1.807) is 58.0 Å². The number of amides is 1. The average molecular weight is 343 g/mol. The molecule has 1 amide bonds. The Kier molecular flexibility index (Phi) is 5.69. The molecule has 0 aliphatic rings. The van der Waals surface area contributed by atoms with Crippen LogP contribution in [0.15, 0.2) is 35.1 Å². The summed E-state index contributed by atoms with van der Waals surface area (Å²) in [5.41, 5.74) is 1.75. The van der Waals surface area contributed by atoms with Gasteiger partial charge in [-0.2, -0.15) is 4.98 Å². The fraction of sp³-hybridized carbons (Fsp3) is 0.333. The van der Waals surface area contributed by atoms with Crippen LogP contribution in [-0.4, -0.2) is 28.0 Å². The Hall–Kier alpha value is -2.96. The molecular formula is C18H21N3O4. The van der Waals surface area contributed by atoms with Crippen molar-refractivity contribution >= 4 is 17.6 Å². The van der Waals surface area contributed by atoms with Gasteiger partial charge in [0.05, 0.1) is 12.2 Å². The smallest absolute Gasteiger partial charge is 0.348 e. The van der Waals surface area contributed by atoms with E-state index < -0.39 is 17.7 Å². The fourth-order valence-corrected chi connectivity index (χ4v) is 2.50. The first-order valence-corrected chi connectivity index (χ1v) is 7.98. The molecule has 0 spiro atoms. The second kappa shape index (κ2) is 7.74. The number of benzene rings is 1. The topological polar surface area (TPSA) is 90.3 Å². The van der Waals surface area contributed by atoms with Crippen molar-refractivity contribution in [3.63, 3.8) is 0 Å². The third-order valence-electron chi connectivity index (χ3n) is 3.71. The minimum absolute atomic E-state index is 0.299. The van der Waals surface area contributed by atoms with Crippen LogP contribution in [0.3, 0.4) is 0 Å². The summed E-state index contributed by atoms with van der Waals surface area (Å²) in [6, 6.07) is 7.40. The number of rotatable bonds is 5. The standard InChI is InChI=1S/C18H21N3O4/c1-5-25-17(23)14-6-8-15(9-7-14)20-16(22)13(4)21-12(3)10-11(2)19-18(21)24/h6-10,13H,5H2,1-4H3,(H,20,22)/t13-/m0/s1. The van der Waals surface area contributed by atoms with Crippen molar-refractivity contribution in [3.05, 3.63) is 57.8 Å². The van der Waals surface area contributed by atoms with Crippen molar-refractivity contribution in [2.75, 3.05) is 11.9 Å². The van der Waals surface area contributed by atoms with Crippen molar-refractivity contribution in [1.29, 1.82) is 0 Å². The van der Waals surface area contributed by atoms with Gasteiger partial charge in [-0.15, -0.1) is 0 Å². The first-order chi connectivity index (χ1) is 11.8. The van der Waals surface area contributed by atoms with Gasteiger partial charge in [-0.1, -0.05) is 0 Å². The van der Waals surface area contributed by atoms with Crippen LogP contribution in [0.5, 0.6) is 0 Å². The molecular weight excluding hydrogens is 322 g/mol. The summed E-state index contributed by atoms with van der Waals surface area (Å²) in [5.74, 6) is -0.763. The molecule has 0 unspecified atom stereocenters. The van der Waals surface area contributed by atoms with Crippen LogP contribution >= 0.6 is 0 Å². The third-order valence-corrected chi connectivity index (χ3v) is 3.71. The average Bonchev–Trinajstić information content (AvgIpc) is 2.54. The van der Waals surface area contributed by atoms with Gasteiger partial charge in [-0.3, -0.25) is 9.36 Å². The Morgan fingerprint density at radius 2 is 1.88 bits per heavy atom. The largest absolute Gasteiger partial charge is 0.462 e. The molecule has 0 aliphatic carbocycles. The number of nitrogens with one attached hydrogen (secondary N) is 1. The zero-order chi connectivity index (χ0) is 18.6. The minimum atomic E-state index is -0.717. The first-order valence-electron chi connectivity index (χ1n) is 7.98. The molecule has 0 saturated heterocycles. The molecule has 2 aromatic rings. The summed E-state index contributed by atoms with van der Waals surface area (Å²) in [5, 5.41) is 2.73. The maximum Gasteiger partial charge on any atom is 0.348 e. The summed E-state index contributed by atoms with van der Waals surface area (Å²) in [7, 11) is 0. The van der Waals surface area contributed by atoms with Gasteiger partial charge in [0.1, 0.15) is 6.04 Å². The van der Waals surface area contributed by atoms with Crippen LogP contribution < -0.4 is 11.0 Å². The van der Waals surface area contributed by atoms with Crippen LogP contribution in [0.2, 0.25) is 0 Å². The number of aromatic nitrogens is 2. The Balaban J connectivity index is 2.14. The molecule has 0 radical (unpaired) electrons. The fourth-order valence-electron chi connectivity index (χ4n) is 2.50. The maximum absolute atomic E-state index is 12.4. The number of hydrogen-bond acceptors (Lipinski definition) is 5. The van der Waals surface area contributed by atoms with Gasteiger partial charge in [0, 0.05) is 17.1 Å². The van der Waals surface area contributed by atoms with E-state index in [4.69, 9.17) is 4.74 Å². The van der Waals surface area contributed by atoms with Gasteiger partial charge in [0.2, 0.25) is 5.91 Å². The first kappa shape index (κ1) is 18.4. The van der Waals surface area contributed by atoms with Gasteiger partial charge in [0.25, 0.3) is 0 Å². The van der Waals surface area contributed by atoms with E-state index in [2.05, 4.69) is 10.3 Å². The van der Waals surface area contributed by atoms with E-state index in [1.807, 2.05) is 0 Å². The monoisotopic (exact) mass is 343 g/mol. The SMILES string of the molecule is CCOC(=O)c1ccc(NC(=O)[C@H](C)n2c(C)cc(C)nc2=O)cc1. The lowest BCUT2D eigenvalue weighted by Gasteiger charge is -2.17. The second-order valence-electron chi connectivity index (χ2n) is 5.65. The van der Waals surface area contributed by atoms with Crippen LogP contribution in [0.4, 0.5) is 5.69 Å². The Morgan fingerprint density at radius 3 is 2.44 bits per heavy atom. The third kappa shape index (κ3) is 4.32. The van der Waals surface area contributed by atoms with Gasteiger partial charge < -0.3 is 10.1 Å². The molecule has 7 heteroatoms. The van der Waals surface area contributed by atoms with Crippen molar-refractivity contribution in [2.24, 2.45) is 0 Å². The van der Waals surface area contributed by atoms with E-state index in [-0.39, 0.29) is 5.91 Å². The number of aryl methyl sites for hydroxylation is 2. The van der Waals surface area contributed by atoms with Crippen LogP contribution in [0, 0.1) is 13.8 Å². The highest BCUT2D eigenvalue weighted by molar-refractivity contribution is 5.94. The predicted molar refractivity (Wildman–Crippen MR) is 93.7 cm³/mol. The molecule has 0 bridgehead atoms. The summed E-state index contributed by atoms with van der Waals surface area (Å²) in [6.45, 7) is 7.15. The van der Waals surface area contributed by atoms with E-state index in [0.717, 1.165) is 0 Å². The van der Waals surface area contributed by atoms with Crippen LogP contribution in [0.1, 0.15) is 41.6 Å². The zero-order valence-electron chi connectivity index (χ0n) is 14.7. The van der Waals surface area contributed by atoms with Gasteiger partial charge in [0.15, 0.2) is 0 Å². The Labute approximate surface area is 145 Å². The lowest BCUT2D eigenvalue weighted by molar-refractivity contribution is -0.118. The predicted octanol–water partition coefficient (Wildman–Crippen LogP) is 2.24. The van der Waals surface area contributed by atoms with E-state index >= 15 is 0 Å². The molecule has 132 valence electrons. The highest BCUT2D eigenvalue weighted by Crippen LogP contribution is 2.14. The Bertz CT molecular complexity index is 840. The zero-order valence-corrected chi connectivity index (χ0v) is 14.7. The van der Waals surface area contributed by atoms with Crippen molar-refractivity contribution in [1.82, 2.24) is 9.55 Å². The van der Waals surface area contributed by atoms with Crippen LogP contribution in [-0.2, 0) is 9.53 Å². The lowest BCUT2D eigenvalue weighted by Crippen LogP contribution is -2.34. The molecule has 7 nitrogen and oxygen atoms in total. The highest BCUT2D eigenvalue weighted by Gasteiger charge is 2.19. The van der Waals surface area contributed by atoms with Gasteiger partial charge in [-0.05, 0) is 58.0 Å². The normalized spacial score (nSPS) is 11.7. The summed E-state index contributed by atoms with van der Waals surface area (Å²) in [6.07, 6.45) is 0. The molecule has 1 N–H and O–H groups in total. The quantitative estimate of drug-likeness (QED) is 0.841. The van der Waals surface area contributed by atoms with Crippen LogP contribution in [0.25, 0.3) is 0 Å². The summed E-state index contributed by atoms with van der Waals surface area (Å²) >= 11 is 0. The summed E-state index contributed by atoms with van der Waals surface area (Å²) < 4.78 is 6.25. The maximum atomic E-state index is 12.4. The molecule has 0 saturated carbocycles. The number of ether oxygens (including phenoxy) is 1. The van der Waals surface area contributed by atoms with Crippen molar-refractivity contribution in [2.45, 2.75) is 33.7 Å². The van der Waals surface area contributed by atoms with E-state index in [9.17, 15) is 14.4 Å². The van der Waals surface area contributed by atoms with Crippen molar-refractivity contribution < 1.29 is 14.3 Å². The minimum Gasteiger partial charge on any atom is -0.462 e. The van der Waals surface area contributed by atoms with Gasteiger partial charge in [-0.25, -0.2) is 9.59 Å². The number of carbonyl (C=O) groups is 2. The molecule has 1 aromatic heterocycles. The molecule has 0 fully saturated rings. The molecule has 1 heterocycles. The number of anilines is 1. The lowest BCUT2D eigenvalue weighted by atomic mass is 10.2. The molecule has 0 aliphatic heterocycles. The number of hydrogen-bond donors (Lipinski definition) is 1. The molecule has 1 atom stereocenters. The number of carbonyl (C=O) groups excluding carboxylic acids is 2. The molecule has 1 aromatic carbocycles. The van der Waals surface area contributed by atoms with Gasteiger partial charge >= 0.3 is 11.7 Å². The molecule has 25 heavy (non-hydrogen) atoms. The Morgan fingerprint density at radius 1 is 1.24 bits per heavy atom. The number of esters is 1. The summed E-state index contributed by atoms with van der Waals surface area (Å²) in [4.78, 5) is 40.0. The highest BCUT2D eigenvalue weighted by atomic mass is 16.5. The molecule has 2 rings (SSSR count). The van der Waals surface area contributed by atoms with E-state index in [0.29, 0.717) is 29.2 Å². The number of nitrogens with zero attached hydrogens (tertiary/aromatic N) is 2. The second-order valence-corrected chi connectivity index (χ2v) is 5.65. The van der Waals surface area contributed by atoms with E-state index in [1.165, 1.54) is 4.57 Å².